The number of hydrogen-bond acceptors (Lipinski definition) is 3. The van der Waals surface area contributed by atoms with Crippen molar-refractivity contribution in [1.82, 2.24) is 14.6 Å². The number of pyridine rings is 1. The zero-order valence-electron chi connectivity index (χ0n) is 8.71. The zero-order chi connectivity index (χ0) is 11.1. The lowest BCUT2D eigenvalue weighted by Gasteiger charge is -2.03. The lowest BCUT2D eigenvalue weighted by Crippen LogP contribution is -2.19. The van der Waals surface area contributed by atoms with Crippen molar-refractivity contribution < 1.29 is 0 Å². The van der Waals surface area contributed by atoms with E-state index < -0.39 is 0 Å². The number of rotatable bonds is 0. The van der Waals surface area contributed by atoms with E-state index in [0.717, 1.165) is 10.8 Å². The molecular formula is C12H9N3O. The van der Waals surface area contributed by atoms with E-state index in [1.807, 2.05) is 30.3 Å². The second kappa shape index (κ2) is 3.13. The third-order valence-electron chi connectivity index (χ3n) is 2.66. The molecule has 0 aliphatic rings. The Morgan fingerprint density at radius 2 is 1.94 bits per heavy atom. The van der Waals surface area contributed by atoms with Crippen LogP contribution in [0.15, 0.2) is 41.3 Å². The van der Waals surface area contributed by atoms with Gasteiger partial charge in [-0.05, 0) is 18.4 Å². The summed E-state index contributed by atoms with van der Waals surface area (Å²) in [5.74, 6) is 0. The highest BCUT2D eigenvalue weighted by molar-refractivity contribution is 5.93. The fourth-order valence-corrected chi connectivity index (χ4v) is 1.81. The van der Waals surface area contributed by atoms with E-state index >= 15 is 0 Å². The van der Waals surface area contributed by atoms with Crippen LogP contribution < -0.4 is 5.56 Å². The molecule has 2 aromatic heterocycles. The molecule has 0 amide bonds. The molecule has 0 saturated heterocycles. The topological polar surface area (TPSA) is 47.3 Å². The Bertz CT molecular complexity index is 746. The minimum Gasteiger partial charge on any atom is -0.267 e. The molecule has 0 N–H and O–H groups in total. The molecule has 3 aromatic rings. The van der Waals surface area contributed by atoms with Crippen LogP contribution in [0.5, 0.6) is 0 Å². The second-order valence-corrected chi connectivity index (χ2v) is 3.69. The largest absolute Gasteiger partial charge is 0.279 e. The van der Waals surface area contributed by atoms with Crippen molar-refractivity contribution in [2.45, 2.75) is 6.92 Å². The highest BCUT2D eigenvalue weighted by atomic mass is 16.1. The van der Waals surface area contributed by atoms with Gasteiger partial charge in [-0.2, -0.15) is 0 Å². The summed E-state index contributed by atoms with van der Waals surface area (Å²) in [6.07, 6.45) is 1.74. The predicted molar refractivity (Wildman–Crippen MR) is 61.5 cm³/mol. The van der Waals surface area contributed by atoms with Crippen molar-refractivity contribution in [2.75, 3.05) is 0 Å². The third kappa shape index (κ3) is 1.13. The Labute approximate surface area is 91.2 Å². The first-order valence-electron chi connectivity index (χ1n) is 5.01. The molecule has 0 fully saturated rings. The molecule has 16 heavy (non-hydrogen) atoms. The van der Waals surface area contributed by atoms with Crippen molar-refractivity contribution in [3.05, 3.63) is 52.6 Å². The van der Waals surface area contributed by atoms with E-state index in [9.17, 15) is 4.79 Å². The summed E-state index contributed by atoms with van der Waals surface area (Å²) in [6, 6.07) is 9.72. The minimum absolute atomic E-state index is 0.115. The van der Waals surface area contributed by atoms with Crippen LogP contribution in [0.25, 0.3) is 16.4 Å². The molecule has 0 aliphatic carbocycles. The van der Waals surface area contributed by atoms with Gasteiger partial charge in [0, 0.05) is 11.6 Å². The van der Waals surface area contributed by atoms with Crippen molar-refractivity contribution >= 4 is 16.4 Å². The zero-order valence-corrected chi connectivity index (χ0v) is 8.71. The van der Waals surface area contributed by atoms with Gasteiger partial charge in [0.1, 0.15) is 5.69 Å². The van der Waals surface area contributed by atoms with Gasteiger partial charge in [0.25, 0.3) is 5.56 Å². The Balaban J connectivity index is 2.63. The number of benzene rings is 1. The van der Waals surface area contributed by atoms with Gasteiger partial charge >= 0.3 is 0 Å². The van der Waals surface area contributed by atoms with Gasteiger partial charge in [0.2, 0.25) is 0 Å². The van der Waals surface area contributed by atoms with E-state index in [2.05, 4.69) is 10.2 Å². The number of aryl methyl sites for hydroxylation is 1. The number of hydrogen-bond donors (Lipinski definition) is 0. The normalized spacial score (nSPS) is 11.1. The fourth-order valence-electron chi connectivity index (χ4n) is 1.81. The smallest absolute Gasteiger partial charge is 0.267 e. The quantitative estimate of drug-likeness (QED) is 0.530. The van der Waals surface area contributed by atoms with Crippen LogP contribution in [0, 0.1) is 6.92 Å². The average Bonchev–Trinajstić information content (AvgIpc) is 2.33. The van der Waals surface area contributed by atoms with Gasteiger partial charge < -0.3 is 0 Å². The molecule has 0 radical (unpaired) electrons. The van der Waals surface area contributed by atoms with Crippen molar-refractivity contribution in [3.8, 4) is 0 Å². The lowest BCUT2D eigenvalue weighted by molar-refractivity contribution is 0.897. The molecule has 78 valence electrons. The Kier molecular flexibility index (Phi) is 1.77. The molecule has 0 unspecified atom stereocenters. The van der Waals surface area contributed by atoms with E-state index in [-0.39, 0.29) is 5.56 Å². The number of fused-ring (bicyclic) bond motifs is 3. The van der Waals surface area contributed by atoms with Crippen LogP contribution in [-0.2, 0) is 0 Å². The standard InChI is InChI=1S/C12H9N3O/c1-8-12(16)15-7-6-9-4-2-3-5-10(9)11(15)14-13-8/h2-7H,1H3. The molecular weight excluding hydrogens is 202 g/mol. The van der Waals surface area contributed by atoms with Crippen molar-refractivity contribution in [1.29, 1.82) is 0 Å². The van der Waals surface area contributed by atoms with Gasteiger partial charge in [0.15, 0.2) is 5.65 Å². The summed E-state index contributed by atoms with van der Waals surface area (Å²) in [5.41, 5.74) is 0.900. The molecule has 4 heteroatoms. The monoisotopic (exact) mass is 211 g/mol. The first-order valence-corrected chi connectivity index (χ1v) is 5.01. The van der Waals surface area contributed by atoms with Gasteiger partial charge in [-0.25, -0.2) is 0 Å². The summed E-state index contributed by atoms with van der Waals surface area (Å²) in [7, 11) is 0. The van der Waals surface area contributed by atoms with Crippen LogP contribution in [0.3, 0.4) is 0 Å². The molecule has 2 heterocycles. The molecule has 0 bridgehead atoms. The molecule has 0 aliphatic heterocycles. The van der Waals surface area contributed by atoms with Crippen LogP contribution in [0.2, 0.25) is 0 Å². The van der Waals surface area contributed by atoms with Gasteiger partial charge in [0.05, 0.1) is 0 Å². The minimum atomic E-state index is -0.115. The SMILES string of the molecule is Cc1nnc2c3ccccc3ccn2c1=O. The van der Waals surface area contributed by atoms with Crippen LogP contribution in [0.1, 0.15) is 5.69 Å². The maximum absolute atomic E-state index is 11.8. The summed E-state index contributed by atoms with van der Waals surface area (Å²) in [5, 5.41) is 9.95. The second-order valence-electron chi connectivity index (χ2n) is 3.69. The fraction of sp³-hybridized carbons (Fsp3) is 0.0833. The molecule has 0 saturated carbocycles. The van der Waals surface area contributed by atoms with E-state index in [4.69, 9.17) is 0 Å². The van der Waals surface area contributed by atoms with Crippen LogP contribution in [0.4, 0.5) is 0 Å². The van der Waals surface area contributed by atoms with E-state index in [0.29, 0.717) is 11.3 Å². The average molecular weight is 211 g/mol. The van der Waals surface area contributed by atoms with Gasteiger partial charge in [-0.15, -0.1) is 10.2 Å². The predicted octanol–water partition coefficient (Wildman–Crippen LogP) is 1.55. The lowest BCUT2D eigenvalue weighted by atomic mass is 10.2. The summed E-state index contributed by atoms with van der Waals surface area (Å²) in [6.45, 7) is 1.66. The van der Waals surface area contributed by atoms with Crippen molar-refractivity contribution in [2.24, 2.45) is 0 Å². The summed E-state index contributed by atoms with van der Waals surface area (Å²) in [4.78, 5) is 11.8. The van der Waals surface area contributed by atoms with Crippen LogP contribution >= 0.6 is 0 Å². The maximum Gasteiger partial charge on any atom is 0.279 e. The van der Waals surface area contributed by atoms with Gasteiger partial charge in [-0.1, -0.05) is 24.3 Å². The maximum atomic E-state index is 11.8. The molecule has 4 nitrogen and oxygen atoms in total. The number of nitrogens with zero attached hydrogens (tertiary/aromatic N) is 3. The first-order chi connectivity index (χ1) is 7.77. The Morgan fingerprint density at radius 1 is 1.12 bits per heavy atom. The summed E-state index contributed by atoms with van der Waals surface area (Å²) >= 11 is 0. The number of aromatic nitrogens is 3. The summed E-state index contributed by atoms with van der Waals surface area (Å²) < 4.78 is 1.53. The molecule has 3 rings (SSSR count). The third-order valence-corrected chi connectivity index (χ3v) is 2.66. The Hall–Kier alpha value is -2.23. The highest BCUT2D eigenvalue weighted by Crippen LogP contribution is 2.16. The molecule has 1 aromatic carbocycles. The van der Waals surface area contributed by atoms with Gasteiger partial charge in [-0.3, -0.25) is 9.20 Å². The first kappa shape index (κ1) is 9.03. The van der Waals surface area contributed by atoms with Crippen molar-refractivity contribution in [3.63, 3.8) is 0 Å². The van der Waals surface area contributed by atoms with Crippen LogP contribution in [-0.4, -0.2) is 14.6 Å². The van der Waals surface area contributed by atoms with E-state index in [1.165, 1.54) is 4.40 Å². The molecule has 0 atom stereocenters. The highest BCUT2D eigenvalue weighted by Gasteiger charge is 2.05. The molecule has 0 spiro atoms. The van der Waals surface area contributed by atoms with E-state index in [1.54, 1.807) is 13.1 Å². The Morgan fingerprint density at radius 3 is 2.81 bits per heavy atom.